The van der Waals surface area contributed by atoms with Crippen LogP contribution in [0.15, 0.2) is 18.3 Å². The van der Waals surface area contributed by atoms with Gasteiger partial charge in [-0.15, -0.1) is 0 Å². The SMILES string of the molecule is Cc1ccc(OCCC2CCN(C(=O)OC(C)(C)C)CC2)nc1. The van der Waals surface area contributed by atoms with Crippen LogP contribution in [0.2, 0.25) is 0 Å². The van der Waals surface area contributed by atoms with Crippen LogP contribution in [0.5, 0.6) is 5.88 Å². The second kappa shape index (κ2) is 7.66. The van der Waals surface area contributed by atoms with E-state index in [9.17, 15) is 4.79 Å². The standard InChI is InChI=1S/C18H28N2O3/c1-14-5-6-16(19-13-14)22-12-9-15-7-10-20(11-8-15)17(21)23-18(2,3)4/h5-6,13,15H,7-12H2,1-4H3. The van der Waals surface area contributed by atoms with Crippen molar-refractivity contribution < 1.29 is 14.3 Å². The van der Waals surface area contributed by atoms with Crippen molar-refractivity contribution in [3.63, 3.8) is 0 Å². The number of piperidine rings is 1. The number of amides is 1. The van der Waals surface area contributed by atoms with Gasteiger partial charge in [-0.05, 0) is 58.4 Å². The predicted octanol–water partition coefficient (Wildman–Crippen LogP) is 3.81. The summed E-state index contributed by atoms with van der Waals surface area (Å²) in [6, 6.07) is 3.90. The molecule has 0 spiro atoms. The first-order valence-electron chi connectivity index (χ1n) is 8.37. The molecule has 1 saturated heterocycles. The van der Waals surface area contributed by atoms with Crippen molar-refractivity contribution in [1.29, 1.82) is 0 Å². The molecule has 5 heteroatoms. The molecule has 2 heterocycles. The molecule has 0 aliphatic carbocycles. The van der Waals surface area contributed by atoms with Crippen molar-refractivity contribution in [3.05, 3.63) is 23.9 Å². The fourth-order valence-corrected chi connectivity index (χ4v) is 2.60. The van der Waals surface area contributed by atoms with Gasteiger partial charge in [0.2, 0.25) is 5.88 Å². The molecule has 0 bridgehead atoms. The van der Waals surface area contributed by atoms with Crippen LogP contribution in [0.1, 0.15) is 45.6 Å². The molecule has 1 fully saturated rings. The summed E-state index contributed by atoms with van der Waals surface area (Å²) < 4.78 is 11.1. The van der Waals surface area contributed by atoms with Gasteiger partial charge in [0, 0.05) is 25.4 Å². The van der Waals surface area contributed by atoms with E-state index in [1.54, 1.807) is 0 Å². The predicted molar refractivity (Wildman–Crippen MR) is 89.6 cm³/mol. The topological polar surface area (TPSA) is 51.7 Å². The highest BCUT2D eigenvalue weighted by atomic mass is 16.6. The van der Waals surface area contributed by atoms with Gasteiger partial charge in [0.1, 0.15) is 5.60 Å². The lowest BCUT2D eigenvalue weighted by atomic mass is 9.94. The third-order valence-corrected chi connectivity index (χ3v) is 3.93. The maximum absolute atomic E-state index is 12.0. The zero-order valence-corrected chi connectivity index (χ0v) is 14.7. The number of hydrogen-bond acceptors (Lipinski definition) is 4. The summed E-state index contributed by atoms with van der Waals surface area (Å²) in [5.74, 6) is 1.28. The zero-order chi connectivity index (χ0) is 16.9. The molecule has 1 amide bonds. The number of carbonyl (C=O) groups is 1. The highest BCUT2D eigenvalue weighted by Gasteiger charge is 2.26. The Hall–Kier alpha value is -1.78. The molecule has 1 aromatic heterocycles. The van der Waals surface area contributed by atoms with E-state index in [1.807, 2.05) is 50.9 Å². The molecule has 5 nitrogen and oxygen atoms in total. The molecule has 23 heavy (non-hydrogen) atoms. The Morgan fingerprint density at radius 1 is 1.30 bits per heavy atom. The van der Waals surface area contributed by atoms with Crippen molar-refractivity contribution in [1.82, 2.24) is 9.88 Å². The average molecular weight is 320 g/mol. The summed E-state index contributed by atoms with van der Waals surface area (Å²) in [4.78, 5) is 18.1. The molecule has 128 valence electrons. The molecule has 0 N–H and O–H groups in total. The van der Waals surface area contributed by atoms with Gasteiger partial charge in [-0.1, -0.05) is 6.07 Å². The molecule has 0 radical (unpaired) electrons. The van der Waals surface area contributed by atoms with E-state index in [2.05, 4.69) is 4.98 Å². The lowest BCUT2D eigenvalue weighted by molar-refractivity contribution is 0.0177. The van der Waals surface area contributed by atoms with Crippen molar-refractivity contribution >= 4 is 6.09 Å². The molecule has 0 aromatic carbocycles. The van der Waals surface area contributed by atoms with Gasteiger partial charge >= 0.3 is 6.09 Å². The fraction of sp³-hybridized carbons (Fsp3) is 0.667. The van der Waals surface area contributed by atoms with Gasteiger partial charge in [-0.3, -0.25) is 0 Å². The highest BCUT2D eigenvalue weighted by Crippen LogP contribution is 2.22. The van der Waals surface area contributed by atoms with E-state index in [0.29, 0.717) is 18.4 Å². The first-order chi connectivity index (χ1) is 10.8. The number of carbonyl (C=O) groups excluding carboxylic acids is 1. The van der Waals surface area contributed by atoms with E-state index in [1.165, 1.54) is 0 Å². The molecular formula is C18H28N2O3. The van der Waals surface area contributed by atoms with Gasteiger partial charge in [0.25, 0.3) is 0 Å². The Bertz CT molecular complexity index is 500. The summed E-state index contributed by atoms with van der Waals surface area (Å²) >= 11 is 0. The second-order valence-corrected chi connectivity index (χ2v) is 7.22. The number of ether oxygens (including phenoxy) is 2. The van der Waals surface area contributed by atoms with Crippen LogP contribution in [-0.2, 0) is 4.74 Å². The highest BCUT2D eigenvalue weighted by molar-refractivity contribution is 5.68. The first kappa shape index (κ1) is 17.6. The molecule has 1 aliphatic rings. The molecule has 1 aromatic rings. The number of aryl methyl sites for hydroxylation is 1. The average Bonchev–Trinajstić information content (AvgIpc) is 2.48. The van der Waals surface area contributed by atoms with Crippen LogP contribution < -0.4 is 4.74 Å². The summed E-state index contributed by atoms with van der Waals surface area (Å²) in [5, 5.41) is 0. The van der Waals surface area contributed by atoms with Crippen molar-refractivity contribution in [3.8, 4) is 5.88 Å². The fourth-order valence-electron chi connectivity index (χ4n) is 2.60. The minimum Gasteiger partial charge on any atom is -0.478 e. The minimum absolute atomic E-state index is 0.198. The lowest BCUT2D eigenvalue weighted by Gasteiger charge is -2.33. The third kappa shape index (κ3) is 6.08. The van der Waals surface area contributed by atoms with E-state index < -0.39 is 5.60 Å². The van der Waals surface area contributed by atoms with Gasteiger partial charge in [-0.2, -0.15) is 0 Å². The normalized spacial score (nSPS) is 16.3. The smallest absolute Gasteiger partial charge is 0.410 e. The lowest BCUT2D eigenvalue weighted by Crippen LogP contribution is -2.41. The number of rotatable bonds is 4. The molecule has 1 aliphatic heterocycles. The summed E-state index contributed by atoms with van der Waals surface area (Å²) in [7, 11) is 0. The minimum atomic E-state index is -0.428. The number of hydrogen-bond donors (Lipinski definition) is 0. The molecule has 0 atom stereocenters. The molecular weight excluding hydrogens is 292 g/mol. The van der Waals surface area contributed by atoms with Crippen molar-refractivity contribution in [2.24, 2.45) is 5.92 Å². The van der Waals surface area contributed by atoms with Crippen LogP contribution in [0.25, 0.3) is 0 Å². The maximum atomic E-state index is 12.0. The van der Waals surface area contributed by atoms with Crippen molar-refractivity contribution in [2.45, 2.75) is 52.6 Å². The monoisotopic (exact) mass is 320 g/mol. The number of nitrogens with zero attached hydrogens (tertiary/aromatic N) is 2. The Labute approximate surface area is 139 Å². The van der Waals surface area contributed by atoms with Gasteiger partial charge < -0.3 is 14.4 Å². The Morgan fingerprint density at radius 2 is 2.00 bits per heavy atom. The second-order valence-electron chi connectivity index (χ2n) is 7.22. The van der Waals surface area contributed by atoms with Gasteiger partial charge in [-0.25, -0.2) is 9.78 Å². The van der Waals surface area contributed by atoms with E-state index in [-0.39, 0.29) is 6.09 Å². The zero-order valence-electron chi connectivity index (χ0n) is 14.7. The van der Waals surface area contributed by atoms with Crippen molar-refractivity contribution in [2.75, 3.05) is 19.7 Å². The maximum Gasteiger partial charge on any atom is 0.410 e. The molecule has 0 saturated carbocycles. The number of aromatic nitrogens is 1. The summed E-state index contributed by atoms with van der Waals surface area (Å²) in [6.45, 7) is 9.91. The quantitative estimate of drug-likeness (QED) is 0.846. The molecule has 2 rings (SSSR count). The largest absolute Gasteiger partial charge is 0.478 e. The summed E-state index contributed by atoms with van der Waals surface area (Å²) in [5.41, 5.74) is 0.704. The summed E-state index contributed by atoms with van der Waals surface area (Å²) in [6.07, 6.45) is 4.62. The van der Waals surface area contributed by atoms with E-state index in [0.717, 1.165) is 37.9 Å². The Morgan fingerprint density at radius 3 is 2.57 bits per heavy atom. The van der Waals surface area contributed by atoms with E-state index in [4.69, 9.17) is 9.47 Å². The first-order valence-corrected chi connectivity index (χ1v) is 8.37. The van der Waals surface area contributed by atoms with Crippen LogP contribution >= 0.6 is 0 Å². The van der Waals surface area contributed by atoms with Crippen LogP contribution in [0.4, 0.5) is 4.79 Å². The Balaban J connectivity index is 1.66. The van der Waals surface area contributed by atoms with Crippen LogP contribution in [0.3, 0.4) is 0 Å². The van der Waals surface area contributed by atoms with Crippen LogP contribution in [0, 0.1) is 12.8 Å². The number of pyridine rings is 1. The molecule has 0 unspecified atom stereocenters. The van der Waals surface area contributed by atoms with E-state index >= 15 is 0 Å². The van der Waals surface area contributed by atoms with Gasteiger partial charge in [0.05, 0.1) is 6.61 Å². The number of likely N-dealkylation sites (tertiary alicyclic amines) is 1. The Kier molecular flexibility index (Phi) is 5.85. The third-order valence-electron chi connectivity index (χ3n) is 3.93. The van der Waals surface area contributed by atoms with Gasteiger partial charge in [0.15, 0.2) is 0 Å². The van der Waals surface area contributed by atoms with Crippen LogP contribution in [-0.4, -0.2) is 41.3 Å².